The second-order valence-electron chi connectivity index (χ2n) is 5.89. The van der Waals surface area contributed by atoms with Crippen LogP contribution in [0.4, 0.5) is 0 Å². The molecule has 2 aromatic rings. The highest BCUT2D eigenvalue weighted by Crippen LogP contribution is 2.35. The average molecular weight is 282 g/mol. The highest BCUT2D eigenvalue weighted by molar-refractivity contribution is 5.91. The molecule has 3 nitrogen and oxygen atoms in total. The van der Waals surface area contributed by atoms with E-state index >= 15 is 0 Å². The zero-order valence-electron chi connectivity index (χ0n) is 12.3. The SMILES string of the molecule is CC1(C)CCc2cc(OC(=O)c3ccccc3)ccc2O1. The van der Waals surface area contributed by atoms with Crippen molar-refractivity contribution in [2.75, 3.05) is 0 Å². The molecule has 1 aliphatic heterocycles. The molecule has 0 saturated heterocycles. The monoisotopic (exact) mass is 282 g/mol. The lowest BCUT2D eigenvalue weighted by atomic mass is 9.94. The Morgan fingerprint density at radius 1 is 1.14 bits per heavy atom. The van der Waals surface area contributed by atoms with Crippen molar-refractivity contribution in [1.29, 1.82) is 0 Å². The Morgan fingerprint density at radius 3 is 2.67 bits per heavy atom. The summed E-state index contributed by atoms with van der Waals surface area (Å²) in [7, 11) is 0. The van der Waals surface area contributed by atoms with E-state index in [0.29, 0.717) is 11.3 Å². The predicted octanol–water partition coefficient (Wildman–Crippen LogP) is 4.01. The van der Waals surface area contributed by atoms with Gasteiger partial charge in [0, 0.05) is 0 Å². The summed E-state index contributed by atoms with van der Waals surface area (Å²) >= 11 is 0. The smallest absolute Gasteiger partial charge is 0.343 e. The number of ether oxygens (including phenoxy) is 2. The van der Waals surface area contributed by atoms with Gasteiger partial charge in [-0.25, -0.2) is 4.79 Å². The maximum absolute atomic E-state index is 12.0. The molecule has 2 aromatic carbocycles. The second-order valence-corrected chi connectivity index (χ2v) is 5.89. The van der Waals surface area contributed by atoms with Crippen molar-refractivity contribution < 1.29 is 14.3 Å². The predicted molar refractivity (Wildman–Crippen MR) is 80.9 cm³/mol. The van der Waals surface area contributed by atoms with Crippen molar-refractivity contribution in [1.82, 2.24) is 0 Å². The highest BCUT2D eigenvalue weighted by atomic mass is 16.5. The zero-order valence-corrected chi connectivity index (χ0v) is 12.3. The van der Waals surface area contributed by atoms with Gasteiger partial charge in [-0.1, -0.05) is 18.2 Å². The maximum Gasteiger partial charge on any atom is 0.343 e. The lowest BCUT2D eigenvalue weighted by Gasteiger charge is -2.32. The first-order valence-electron chi connectivity index (χ1n) is 7.13. The van der Waals surface area contributed by atoms with E-state index in [0.717, 1.165) is 24.2 Å². The fourth-order valence-electron chi connectivity index (χ4n) is 2.44. The number of benzene rings is 2. The second kappa shape index (κ2) is 5.24. The Morgan fingerprint density at radius 2 is 1.90 bits per heavy atom. The molecule has 21 heavy (non-hydrogen) atoms. The Balaban J connectivity index is 1.78. The minimum Gasteiger partial charge on any atom is -0.488 e. The van der Waals surface area contributed by atoms with Gasteiger partial charge in [-0.15, -0.1) is 0 Å². The molecule has 3 rings (SSSR count). The van der Waals surface area contributed by atoms with Gasteiger partial charge in [0.1, 0.15) is 17.1 Å². The number of rotatable bonds is 2. The highest BCUT2D eigenvalue weighted by Gasteiger charge is 2.26. The van der Waals surface area contributed by atoms with Gasteiger partial charge in [0.25, 0.3) is 0 Å². The van der Waals surface area contributed by atoms with Gasteiger partial charge in [0.2, 0.25) is 0 Å². The minimum absolute atomic E-state index is 0.130. The Labute approximate surface area is 124 Å². The number of hydrogen-bond donors (Lipinski definition) is 0. The van der Waals surface area contributed by atoms with Gasteiger partial charge in [-0.2, -0.15) is 0 Å². The van der Waals surface area contributed by atoms with Crippen molar-refractivity contribution in [2.24, 2.45) is 0 Å². The molecule has 0 atom stereocenters. The first-order valence-corrected chi connectivity index (χ1v) is 7.13. The maximum atomic E-state index is 12.0. The number of esters is 1. The van der Waals surface area contributed by atoms with Crippen LogP contribution >= 0.6 is 0 Å². The molecule has 0 aromatic heterocycles. The van der Waals surface area contributed by atoms with Crippen LogP contribution in [0.15, 0.2) is 48.5 Å². The number of hydrogen-bond acceptors (Lipinski definition) is 3. The Bertz CT molecular complexity index is 659. The lowest BCUT2D eigenvalue weighted by Crippen LogP contribution is -2.32. The molecule has 0 unspecified atom stereocenters. The molecule has 0 radical (unpaired) electrons. The molecule has 0 bridgehead atoms. The summed E-state index contributed by atoms with van der Waals surface area (Å²) < 4.78 is 11.3. The van der Waals surface area contributed by atoms with Gasteiger partial charge >= 0.3 is 5.97 Å². The van der Waals surface area contributed by atoms with E-state index in [9.17, 15) is 4.79 Å². The lowest BCUT2D eigenvalue weighted by molar-refractivity contribution is 0.0727. The van der Waals surface area contributed by atoms with Gasteiger partial charge in [0.15, 0.2) is 0 Å². The van der Waals surface area contributed by atoms with E-state index in [-0.39, 0.29) is 11.6 Å². The van der Waals surface area contributed by atoms with Gasteiger partial charge < -0.3 is 9.47 Å². The van der Waals surface area contributed by atoms with E-state index < -0.39 is 0 Å². The molecule has 1 aliphatic rings. The molecule has 1 heterocycles. The van der Waals surface area contributed by atoms with E-state index in [4.69, 9.17) is 9.47 Å². The van der Waals surface area contributed by atoms with Crippen LogP contribution in [0.25, 0.3) is 0 Å². The van der Waals surface area contributed by atoms with Crippen LogP contribution in [0, 0.1) is 0 Å². The van der Waals surface area contributed by atoms with Gasteiger partial charge in [-0.3, -0.25) is 0 Å². The first kappa shape index (κ1) is 13.7. The van der Waals surface area contributed by atoms with Gasteiger partial charge in [0.05, 0.1) is 5.56 Å². The van der Waals surface area contributed by atoms with E-state index in [1.807, 2.05) is 30.3 Å². The zero-order chi connectivity index (χ0) is 14.9. The standard InChI is InChI=1S/C18H18O3/c1-18(2)11-10-14-12-15(8-9-16(14)21-18)20-17(19)13-6-4-3-5-7-13/h3-9,12H,10-11H2,1-2H3. The molecule has 0 amide bonds. The minimum atomic E-state index is -0.340. The molecule has 108 valence electrons. The number of aryl methyl sites for hydroxylation is 1. The van der Waals surface area contributed by atoms with Gasteiger partial charge in [-0.05, 0) is 62.6 Å². The van der Waals surface area contributed by atoms with Crippen molar-refractivity contribution in [3.63, 3.8) is 0 Å². The molecule has 0 aliphatic carbocycles. The van der Waals surface area contributed by atoms with E-state index in [1.165, 1.54) is 0 Å². The third kappa shape index (κ3) is 3.07. The first-order chi connectivity index (χ1) is 10.0. The Hall–Kier alpha value is -2.29. The summed E-state index contributed by atoms with van der Waals surface area (Å²) in [4.78, 5) is 12.0. The summed E-state index contributed by atoms with van der Waals surface area (Å²) in [5, 5.41) is 0. The van der Waals surface area contributed by atoms with Crippen LogP contribution in [0.2, 0.25) is 0 Å². The van der Waals surface area contributed by atoms with Crippen LogP contribution < -0.4 is 9.47 Å². The number of fused-ring (bicyclic) bond motifs is 1. The molecular formula is C18H18O3. The molecule has 0 N–H and O–H groups in total. The topological polar surface area (TPSA) is 35.5 Å². The van der Waals surface area contributed by atoms with Crippen molar-refractivity contribution in [3.8, 4) is 11.5 Å². The summed E-state index contributed by atoms with van der Waals surface area (Å²) in [6.45, 7) is 4.17. The van der Waals surface area contributed by atoms with Crippen LogP contribution in [0.5, 0.6) is 11.5 Å². The normalized spacial score (nSPS) is 15.7. The molecule has 0 spiro atoms. The fraction of sp³-hybridized carbons (Fsp3) is 0.278. The van der Waals surface area contributed by atoms with Crippen LogP contribution in [-0.4, -0.2) is 11.6 Å². The molecular weight excluding hydrogens is 264 g/mol. The summed E-state index contributed by atoms with van der Waals surface area (Å²) in [6.07, 6.45) is 1.88. The van der Waals surface area contributed by atoms with Crippen molar-refractivity contribution >= 4 is 5.97 Å². The third-order valence-electron chi connectivity index (χ3n) is 3.63. The largest absolute Gasteiger partial charge is 0.488 e. The van der Waals surface area contributed by atoms with E-state index in [2.05, 4.69) is 13.8 Å². The van der Waals surface area contributed by atoms with Crippen molar-refractivity contribution in [2.45, 2.75) is 32.3 Å². The van der Waals surface area contributed by atoms with E-state index in [1.54, 1.807) is 18.2 Å². The van der Waals surface area contributed by atoms with Crippen LogP contribution in [-0.2, 0) is 6.42 Å². The summed E-state index contributed by atoms with van der Waals surface area (Å²) in [5.74, 6) is 1.10. The quantitative estimate of drug-likeness (QED) is 0.616. The van der Waals surface area contributed by atoms with Crippen LogP contribution in [0.3, 0.4) is 0 Å². The van der Waals surface area contributed by atoms with Crippen LogP contribution in [0.1, 0.15) is 36.2 Å². The number of carbonyl (C=O) groups is 1. The summed E-state index contributed by atoms with van der Waals surface area (Å²) in [5.41, 5.74) is 1.51. The number of carbonyl (C=O) groups excluding carboxylic acids is 1. The fourth-order valence-corrected chi connectivity index (χ4v) is 2.44. The molecule has 0 saturated carbocycles. The third-order valence-corrected chi connectivity index (χ3v) is 3.63. The molecule has 3 heteroatoms. The average Bonchev–Trinajstić information content (AvgIpc) is 2.48. The summed E-state index contributed by atoms with van der Waals surface area (Å²) in [6, 6.07) is 14.5. The van der Waals surface area contributed by atoms with Crippen molar-refractivity contribution in [3.05, 3.63) is 59.7 Å². The Kier molecular flexibility index (Phi) is 3.42. The molecule has 0 fully saturated rings.